The molecule has 3 heteroatoms. The average Bonchev–Trinajstić information content (AvgIpc) is 2.90. The summed E-state index contributed by atoms with van der Waals surface area (Å²) in [6.45, 7) is 3.58. The molecule has 0 aromatic carbocycles. The van der Waals surface area contributed by atoms with Crippen LogP contribution >= 0.6 is 0 Å². The molecule has 0 amide bonds. The number of carbonyl (C=O) groups is 1. The fourth-order valence-corrected chi connectivity index (χ4v) is 3.20. The van der Waals surface area contributed by atoms with Crippen molar-refractivity contribution in [2.45, 2.75) is 50.1 Å². The van der Waals surface area contributed by atoms with Gasteiger partial charge in [0.15, 0.2) is 0 Å². The first-order valence-corrected chi connectivity index (χ1v) is 5.62. The molecule has 0 N–H and O–H groups in total. The van der Waals surface area contributed by atoms with Gasteiger partial charge in [0.1, 0.15) is 12.1 Å². The second-order valence-electron chi connectivity index (χ2n) is 5.22. The second kappa shape index (κ2) is 2.51. The van der Waals surface area contributed by atoms with E-state index in [9.17, 15) is 4.79 Å². The highest BCUT2D eigenvalue weighted by Crippen LogP contribution is 2.50. The molecule has 2 saturated heterocycles. The summed E-state index contributed by atoms with van der Waals surface area (Å²) in [5, 5.41) is 0. The fraction of sp³-hybridized carbons (Fsp3) is 0.909. The molecule has 14 heavy (non-hydrogen) atoms. The summed E-state index contributed by atoms with van der Waals surface area (Å²) in [5.41, 5.74) is -0.0312. The van der Waals surface area contributed by atoms with E-state index in [1.165, 1.54) is 32.1 Å². The summed E-state index contributed by atoms with van der Waals surface area (Å²) >= 11 is 0. The molecule has 1 unspecified atom stereocenters. The van der Waals surface area contributed by atoms with Gasteiger partial charge in [0.2, 0.25) is 0 Å². The van der Waals surface area contributed by atoms with Gasteiger partial charge in [-0.3, -0.25) is 4.90 Å². The van der Waals surface area contributed by atoms with E-state index < -0.39 is 0 Å². The summed E-state index contributed by atoms with van der Waals surface area (Å²) in [6, 6.07) is 0. The van der Waals surface area contributed by atoms with Gasteiger partial charge >= 0.3 is 5.97 Å². The Morgan fingerprint density at radius 2 is 2.00 bits per heavy atom. The van der Waals surface area contributed by atoms with Crippen LogP contribution in [0.1, 0.15) is 39.0 Å². The van der Waals surface area contributed by atoms with Gasteiger partial charge in [0, 0.05) is 6.54 Å². The van der Waals surface area contributed by atoms with Crippen molar-refractivity contribution in [1.29, 1.82) is 0 Å². The van der Waals surface area contributed by atoms with Gasteiger partial charge in [-0.15, -0.1) is 0 Å². The molecule has 0 radical (unpaired) electrons. The predicted octanol–water partition coefficient (Wildman–Crippen LogP) is 1.32. The largest absolute Gasteiger partial charge is 0.462 e. The van der Waals surface area contributed by atoms with E-state index in [1.807, 2.05) is 6.92 Å². The Kier molecular flexibility index (Phi) is 1.56. The third kappa shape index (κ3) is 0.937. The van der Waals surface area contributed by atoms with E-state index in [1.54, 1.807) is 0 Å². The number of hydrogen-bond acceptors (Lipinski definition) is 3. The highest BCUT2D eigenvalue weighted by Gasteiger charge is 2.66. The number of rotatable bonds is 0. The number of fused-ring (bicyclic) bond motifs is 2. The van der Waals surface area contributed by atoms with E-state index >= 15 is 0 Å². The molecule has 78 valence electrons. The molecule has 3 nitrogen and oxygen atoms in total. The van der Waals surface area contributed by atoms with Crippen molar-refractivity contribution in [2.75, 3.05) is 13.2 Å². The molecule has 3 rings (SSSR count). The smallest absolute Gasteiger partial charge is 0.327 e. The summed E-state index contributed by atoms with van der Waals surface area (Å²) in [5.74, 6) is -0.00583. The SMILES string of the molecule is C[C@@]12CN1C1(CCCCC1)COC2=O. The molecule has 3 aliphatic rings. The number of cyclic esters (lactones) is 1. The number of hydrogen-bond donors (Lipinski definition) is 0. The monoisotopic (exact) mass is 195 g/mol. The Hall–Kier alpha value is -0.570. The third-order valence-corrected chi connectivity index (χ3v) is 4.23. The van der Waals surface area contributed by atoms with Gasteiger partial charge in [-0.05, 0) is 19.8 Å². The van der Waals surface area contributed by atoms with Crippen molar-refractivity contribution in [3.8, 4) is 0 Å². The number of esters is 1. The lowest BCUT2D eigenvalue weighted by atomic mass is 9.81. The van der Waals surface area contributed by atoms with Crippen LogP contribution in [-0.2, 0) is 9.53 Å². The van der Waals surface area contributed by atoms with Crippen molar-refractivity contribution < 1.29 is 9.53 Å². The van der Waals surface area contributed by atoms with Crippen molar-refractivity contribution in [1.82, 2.24) is 4.90 Å². The zero-order chi connectivity index (χ0) is 9.81. The van der Waals surface area contributed by atoms with Gasteiger partial charge in [-0.1, -0.05) is 19.3 Å². The second-order valence-corrected chi connectivity index (χ2v) is 5.22. The van der Waals surface area contributed by atoms with E-state index in [2.05, 4.69) is 4.90 Å². The van der Waals surface area contributed by atoms with Crippen LogP contribution in [0.3, 0.4) is 0 Å². The first-order chi connectivity index (χ1) is 6.67. The Morgan fingerprint density at radius 1 is 1.29 bits per heavy atom. The van der Waals surface area contributed by atoms with Crippen LogP contribution in [0.5, 0.6) is 0 Å². The summed E-state index contributed by atoms with van der Waals surface area (Å²) < 4.78 is 5.35. The van der Waals surface area contributed by atoms with E-state index in [-0.39, 0.29) is 17.0 Å². The number of nitrogens with zero attached hydrogens (tertiary/aromatic N) is 1. The van der Waals surface area contributed by atoms with Gasteiger partial charge in [0.05, 0.1) is 5.54 Å². The lowest BCUT2D eigenvalue weighted by molar-refractivity contribution is -0.161. The van der Waals surface area contributed by atoms with E-state index in [0.717, 1.165) is 6.54 Å². The fourth-order valence-electron chi connectivity index (χ4n) is 3.20. The minimum absolute atomic E-state index is 0.00583. The molecule has 2 heterocycles. The Bertz CT molecular complexity index is 283. The standard InChI is InChI=1S/C11H17NO2/c1-10-7-12(10)11(8-14-9(10)13)5-3-2-4-6-11/h2-8H2,1H3/t10-,12?/m0/s1. The lowest BCUT2D eigenvalue weighted by Crippen LogP contribution is -2.53. The Labute approximate surface area is 84.4 Å². The normalized spacial score (nSPS) is 44.4. The lowest BCUT2D eigenvalue weighted by Gasteiger charge is -2.42. The van der Waals surface area contributed by atoms with Gasteiger partial charge in [-0.2, -0.15) is 0 Å². The molecule has 0 aromatic heterocycles. The predicted molar refractivity (Wildman–Crippen MR) is 51.9 cm³/mol. The molecule has 2 atom stereocenters. The minimum Gasteiger partial charge on any atom is -0.462 e. The topological polar surface area (TPSA) is 29.3 Å². The van der Waals surface area contributed by atoms with Crippen LogP contribution in [0.15, 0.2) is 0 Å². The quantitative estimate of drug-likeness (QED) is 0.431. The summed E-state index contributed by atoms with van der Waals surface area (Å²) in [7, 11) is 0. The number of morpholine rings is 1. The zero-order valence-corrected chi connectivity index (χ0v) is 8.71. The molecule has 0 bridgehead atoms. The molecule has 3 fully saturated rings. The third-order valence-electron chi connectivity index (χ3n) is 4.23. The van der Waals surface area contributed by atoms with Crippen molar-refractivity contribution in [3.05, 3.63) is 0 Å². The Morgan fingerprint density at radius 3 is 2.71 bits per heavy atom. The summed E-state index contributed by atoms with van der Waals surface area (Å²) in [6.07, 6.45) is 6.38. The molecular weight excluding hydrogens is 178 g/mol. The number of ether oxygens (including phenoxy) is 1. The van der Waals surface area contributed by atoms with Crippen LogP contribution in [0.2, 0.25) is 0 Å². The highest BCUT2D eigenvalue weighted by atomic mass is 16.5. The number of carbonyl (C=O) groups excluding carboxylic acids is 1. The zero-order valence-electron chi connectivity index (χ0n) is 8.71. The molecular formula is C11H17NO2. The maximum absolute atomic E-state index is 11.5. The first-order valence-electron chi connectivity index (χ1n) is 5.62. The Balaban J connectivity index is 1.86. The van der Waals surface area contributed by atoms with Crippen LogP contribution in [0.4, 0.5) is 0 Å². The van der Waals surface area contributed by atoms with Crippen molar-refractivity contribution >= 4 is 5.97 Å². The van der Waals surface area contributed by atoms with Crippen molar-refractivity contribution in [3.63, 3.8) is 0 Å². The molecule has 1 spiro atoms. The highest BCUT2D eigenvalue weighted by molar-refractivity contribution is 5.85. The van der Waals surface area contributed by atoms with E-state index in [4.69, 9.17) is 4.74 Å². The maximum Gasteiger partial charge on any atom is 0.327 e. The van der Waals surface area contributed by atoms with Crippen LogP contribution in [-0.4, -0.2) is 35.1 Å². The molecule has 2 aliphatic heterocycles. The van der Waals surface area contributed by atoms with E-state index in [0.29, 0.717) is 6.61 Å². The van der Waals surface area contributed by atoms with Gasteiger partial charge in [-0.25, -0.2) is 4.79 Å². The van der Waals surface area contributed by atoms with Gasteiger partial charge < -0.3 is 4.74 Å². The summed E-state index contributed by atoms with van der Waals surface area (Å²) in [4.78, 5) is 13.9. The first kappa shape index (κ1) is 8.72. The van der Waals surface area contributed by atoms with Crippen LogP contribution < -0.4 is 0 Å². The van der Waals surface area contributed by atoms with Crippen LogP contribution in [0.25, 0.3) is 0 Å². The van der Waals surface area contributed by atoms with Crippen LogP contribution in [0, 0.1) is 0 Å². The van der Waals surface area contributed by atoms with Crippen molar-refractivity contribution in [2.24, 2.45) is 0 Å². The minimum atomic E-state index is -0.254. The molecule has 1 aliphatic carbocycles. The molecule has 0 aromatic rings. The molecule has 1 saturated carbocycles. The van der Waals surface area contributed by atoms with Gasteiger partial charge in [0.25, 0.3) is 0 Å². The average molecular weight is 195 g/mol. The maximum atomic E-state index is 11.5.